The Morgan fingerprint density at radius 1 is 1.43 bits per heavy atom. The van der Waals surface area contributed by atoms with Crippen LogP contribution < -0.4 is 5.32 Å². The topological polar surface area (TPSA) is 79.6 Å². The second-order valence-electron chi connectivity index (χ2n) is 7.21. The molecular weight excluding hydrogens is 296 g/mol. The van der Waals surface area contributed by atoms with Crippen LogP contribution in [0.2, 0.25) is 0 Å². The van der Waals surface area contributed by atoms with Gasteiger partial charge in [0, 0.05) is 38.4 Å². The molecule has 7 heteroatoms. The summed E-state index contributed by atoms with van der Waals surface area (Å²) in [5, 5.41) is 17.4. The van der Waals surface area contributed by atoms with Gasteiger partial charge in [-0.25, -0.2) is 4.79 Å². The number of likely N-dealkylation sites (tertiary alicyclic amines) is 1. The number of piperidine rings is 1. The average Bonchev–Trinajstić information content (AvgIpc) is 2.89. The van der Waals surface area contributed by atoms with E-state index in [0.29, 0.717) is 32.5 Å². The number of hydrogen-bond acceptors (Lipinski definition) is 5. The standard InChI is InChI=1S/C16H28N4O3/c1-15(2,3)23-14(22)20-9-6-16(12-21,7-10-20)17-11-13-5-8-18-19(13)4/h5,8,17,21H,6-7,9-12H2,1-4H3. The third-order valence-electron chi connectivity index (χ3n) is 4.24. The molecule has 0 spiro atoms. The van der Waals surface area contributed by atoms with Crippen LogP contribution in [-0.2, 0) is 18.3 Å². The fourth-order valence-corrected chi connectivity index (χ4v) is 2.69. The summed E-state index contributed by atoms with van der Waals surface area (Å²) in [5.74, 6) is 0. The molecule has 1 aromatic heterocycles. The quantitative estimate of drug-likeness (QED) is 0.872. The number of hydrogen-bond donors (Lipinski definition) is 2. The summed E-state index contributed by atoms with van der Waals surface area (Å²) < 4.78 is 7.22. The van der Waals surface area contributed by atoms with E-state index in [4.69, 9.17) is 4.74 Å². The van der Waals surface area contributed by atoms with Crippen LogP contribution in [0.15, 0.2) is 12.3 Å². The Hall–Kier alpha value is -1.60. The number of nitrogens with one attached hydrogen (secondary N) is 1. The van der Waals surface area contributed by atoms with Crippen LogP contribution >= 0.6 is 0 Å². The molecule has 1 fully saturated rings. The van der Waals surface area contributed by atoms with Gasteiger partial charge in [0.1, 0.15) is 5.60 Å². The fourth-order valence-electron chi connectivity index (χ4n) is 2.69. The fraction of sp³-hybridized carbons (Fsp3) is 0.750. The number of aryl methyl sites for hydroxylation is 1. The smallest absolute Gasteiger partial charge is 0.410 e. The average molecular weight is 324 g/mol. The lowest BCUT2D eigenvalue weighted by Crippen LogP contribution is -2.56. The summed E-state index contributed by atoms with van der Waals surface area (Å²) in [6.45, 7) is 7.44. The highest BCUT2D eigenvalue weighted by Gasteiger charge is 2.36. The van der Waals surface area contributed by atoms with Gasteiger partial charge in [-0.15, -0.1) is 0 Å². The largest absolute Gasteiger partial charge is 0.444 e. The molecule has 0 atom stereocenters. The van der Waals surface area contributed by atoms with Crippen LogP contribution in [0.25, 0.3) is 0 Å². The van der Waals surface area contributed by atoms with E-state index in [0.717, 1.165) is 5.69 Å². The van der Waals surface area contributed by atoms with Crippen LogP contribution in [0.1, 0.15) is 39.3 Å². The van der Waals surface area contributed by atoms with Crippen LogP contribution in [0.4, 0.5) is 4.79 Å². The molecule has 0 aliphatic carbocycles. The molecular formula is C16H28N4O3. The van der Waals surface area contributed by atoms with Crippen LogP contribution in [0, 0.1) is 0 Å². The number of aromatic nitrogens is 2. The summed E-state index contributed by atoms with van der Waals surface area (Å²) in [6.07, 6.45) is 2.87. The minimum absolute atomic E-state index is 0.0486. The molecule has 1 saturated heterocycles. The van der Waals surface area contributed by atoms with Crippen molar-refractivity contribution in [2.75, 3.05) is 19.7 Å². The zero-order chi connectivity index (χ0) is 17.1. The van der Waals surface area contributed by atoms with Gasteiger partial charge in [-0.1, -0.05) is 0 Å². The van der Waals surface area contributed by atoms with Crippen molar-refractivity contribution in [1.29, 1.82) is 0 Å². The first-order valence-electron chi connectivity index (χ1n) is 8.05. The molecule has 0 bridgehead atoms. The predicted octanol–water partition coefficient (Wildman–Crippen LogP) is 1.27. The number of rotatable bonds is 4. The van der Waals surface area contributed by atoms with E-state index >= 15 is 0 Å². The second kappa shape index (κ2) is 6.88. The van der Waals surface area contributed by atoms with Gasteiger partial charge in [0.15, 0.2) is 0 Å². The van der Waals surface area contributed by atoms with E-state index in [1.165, 1.54) is 0 Å². The van der Waals surface area contributed by atoms with Crippen molar-refractivity contribution in [3.63, 3.8) is 0 Å². The molecule has 0 aromatic carbocycles. The molecule has 2 heterocycles. The van der Waals surface area contributed by atoms with E-state index in [-0.39, 0.29) is 18.2 Å². The third kappa shape index (κ3) is 4.68. The van der Waals surface area contributed by atoms with E-state index in [9.17, 15) is 9.90 Å². The molecule has 0 unspecified atom stereocenters. The molecule has 7 nitrogen and oxygen atoms in total. The van der Waals surface area contributed by atoms with Crippen LogP contribution in [0.5, 0.6) is 0 Å². The lowest BCUT2D eigenvalue weighted by atomic mass is 9.88. The monoisotopic (exact) mass is 324 g/mol. The number of aliphatic hydroxyl groups is 1. The van der Waals surface area contributed by atoms with Crippen molar-refractivity contribution in [2.24, 2.45) is 7.05 Å². The minimum atomic E-state index is -0.486. The number of carbonyl (C=O) groups is 1. The maximum absolute atomic E-state index is 12.1. The lowest BCUT2D eigenvalue weighted by molar-refractivity contribution is 0.00894. The first-order chi connectivity index (χ1) is 10.7. The number of nitrogens with zero attached hydrogens (tertiary/aromatic N) is 3. The Balaban J connectivity index is 1.89. The number of amides is 1. The van der Waals surface area contributed by atoms with Crippen molar-refractivity contribution in [2.45, 2.75) is 51.3 Å². The van der Waals surface area contributed by atoms with Crippen molar-refractivity contribution in [1.82, 2.24) is 20.0 Å². The van der Waals surface area contributed by atoms with E-state index < -0.39 is 5.60 Å². The third-order valence-corrected chi connectivity index (χ3v) is 4.24. The Morgan fingerprint density at radius 3 is 2.57 bits per heavy atom. The van der Waals surface area contributed by atoms with E-state index in [2.05, 4.69) is 10.4 Å². The minimum Gasteiger partial charge on any atom is -0.444 e. The van der Waals surface area contributed by atoms with Gasteiger partial charge in [0.25, 0.3) is 0 Å². The second-order valence-corrected chi connectivity index (χ2v) is 7.21. The first-order valence-corrected chi connectivity index (χ1v) is 8.05. The number of ether oxygens (including phenoxy) is 1. The molecule has 23 heavy (non-hydrogen) atoms. The maximum atomic E-state index is 12.1. The molecule has 2 N–H and O–H groups in total. The maximum Gasteiger partial charge on any atom is 0.410 e. The molecule has 1 aromatic rings. The first kappa shape index (κ1) is 17.7. The Kier molecular flexibility index (Phi) is 5.31. The molecule has 0 saturated carbocycles. The van der Waals surface area contributed by atoms with Crippen molar-refractivity contribution >= 4 is 6.09 Å². The number of aliphatic hydroxyl groups excluding tert-OH is 1. The van der Waals surface area contributed by atoms with Crippen molar-refractivity contribution in [3.8, 4) is 0 Å². The number of carbonyl (C=O) groups excluding carboxylic acids is 1. The van der Waals surface area contributed by atoms with Gasteiger partial charge < -0.3 is 20.1 Å². The van der Waals surface area contributed by atoms with Crippen LogP contribution in [-0.4, -0.2) is 56.7 Å². The summed E-state index contributed by atoms with van der Waals surface area (Å²) in [5.41, 5.74) is 0.218. The van der Waals surface area contributed by atoms with Gasteiger partial charge in [-0.2, -0.15) is 5.10 Å². The van der Waals surface area contributed by atoms with Crippen molar-refractivity contribution in [3.05, 3.63) is 18.0 Å². The Morgan fingerprint density at radius 2 is 2.09 bits per heavy atom. The van der Waals surface area contributed by atoms with Crippen molar-refractivity contribution < 1.29 is 14.6 Å². The SMILES string of the molecule is Cn1nccc1CNC1(CO)CCN(C(=O)OC(C)(C)C)CC1. The zero-order valence-electron chi connectivity index (χ0n) is 14.5. The van der Waals surface area contributed by atoms with E-state index in [1.807, 2.05) is 38.6 Å². The Labute approximate surface area is 137 Å². The predicted molar refractivity (Wildman–Crippen MR) is 86.9 cm³/mol. The highest BCUT2D eigenvalue weighted by atomic mass is 16.6. The molecule has 1 aliphatic rings. The molecule has 1 aliphatic heterocycles. The molecule has 1 amide bonds. The van der Waals surface area contributed by atoms with Crippen LogP contribution in [0.3, 0.4) is 0 Å². The summed E-state index contributed by atoms with van der Waals surface area (Å²) in [4.78, 5) is 13.8. The van der Waals surface area contributed by atoms with Gasteiger partial charge in [-0.05, 0) is 39.7 Å². The van der Waals surface area contributed by atoms with Gasteiger partial charge in [0.2, 0.25) is 0 Å². The van der Waals surface area contributed by atoms with Gasteiger partial charge >= 0.3 is 6.09 Å². The highest BCUT2D eigenvalue weighted by molar-refractivity contribution is 5.68. The molecule has 0 radical (unpaired) electrons. The zero-order valence-corrected chi connectivity index (χ0v) is 14.5. The Bertz CT molecular complexity index is 528. The summed E-state index contributed by atoms with van der Waals surface area (Å²) >= 11 is 0. The van der Waals surface area contributed by atoms with E-state index in [1.54, 1.807) is 11.1 Å². The van der Waals surface area contributed by atoms with Gasteiger partial charge in [-0.3, -0.25) is 4.68 Å². The molecule has 2 rings (SSSR count). The van der Waals surface area contributed by atoms with Gasteiger partial charge in [0.05, 0.1) is 12.3 Å². The summed E-state index contributed by atoms with van der Waals surface area (Å²) in [6, 6.07) is 1.95. The summed E-state index contributed by atoms with van der Waals surface area (Å²) in [7, 11) is 1.90. The highest BCUT2D eigenvalue weighted by Crippen LogP contribution is 2.24. The normalized spacial score (nSPS) is 18.0. The lowest BCUT2D eigenvalue weighted by Gasteiger charge is -2.41. The molecule has 130 valence electrons.